The number of para-hydroxylation sites is 1. The van der Waals surface area contributed by atoms with Gasteiger partial charge >= 0.3 is 0 Å². The molecule has 7 nitrogen and oxygen atoms in total. The zero-order chi connectivity index (χ0) is 27.1. The summed E-state index contributed by atoms with van der Waals surface area (Å²) in [7, 11) is 0. The molecule has 4 aromatic rings. The van der Waals surface area contributed by atoms with E-state index in [0.29, 0.717) is 28.5 Å². The lowest BCUT2D eigenvalue weighted by atomic mass is 10.0. The Morgan fingerprint density at radius 1 is 1.03 bits per heavy atom. The molecule has 0 radical (unpaired) electrons. The first-order valence-electron chi connectivity index (χ1n) is 13.2. The highest BCUT2D eigenvalue weighted by Gasteiger charge is 2.24. The Bertz CT molecular complexity index is 1820. The van der Waals surface area contributed by atoms with Crippen LogP contribution in [0.2, 0.25) is 5.02 Å². The molecule has 0 unspecified atom stereocenters. The molecule has 0 N–H and O–H groups in total. The molecule has 39 heavy (non-hydrogen) atoms. The van der Waals surface area contributed by atoms with E-state index in [1.807, 2.05) is 42.2 Å². The van der Waals surface area contributed by atoms with Crippen molar-refractivity contribution in [1.29, 1.82) is 0 Å². The number of hydrogen-bond acceptors (Lipinski definition) is 4. The van der Waals surface area contributed by atoms with Crippen molar-refractivity contribution < 1.29 is 0 Å². The van der Waals surface area contributed by atoms with Crippen LogP contribution in [0.3, 0.4) is 0 Å². The molecule has 0 saturated heterocycles. The predicted octanol–water partition coefficient (Wildman–Crippen LogP) is 6.53. The van der Waals surface area contributed by atoms with E-state index in [9.17, 15) is 4.79 Å². The summed E-state index contributed by atoms with van der Waals surface area (Å²) in [6, 6.07) is 16.3. The Morgan fingerprint density at radius 2 is 1.85 bits per heavy atom. The van der Waals surface area contributed by atoms with Gasteiger partial charge in [0.25, 0.3) is 5.56 Å². The molecule has 0 atom stereocenters. The average molecular weight is 537 g/mol. The van der Waals surface area contributed by atoms with E-state index >= 15 is 0 Å². The fourth-order valence-electron chi connectivity index (χ4n) is 5.29. The number of benzene rings is 2. The molecule has 0 bridgehead atoms. The van der Waals surface area contributed by atoms with E-state index in [-0.39, 0.29) is 5.56 Å². The largest absolute Gasteiger partial charge is 0.342 e. The minimum atomic E-state index is -0.186. The molecular weight excluding hydrogens is 508 g/mol. The van der Waals surface area contributed by atoms with Crippen LogP contribution in [0.1, 0.15) is 42.1 Å². The predicted molar refractivity (Wildman–Crippen MR) is 156 cm³/mol. The van der Waals surface area contributed by atoms with E-state index in [2.05, 4.69) is 58.8 Å². The quantitative estimate of drug-likeness (QED) is 0.232. The molecule has 2 aliphatic heterocycles. The molecule has 0 aliphatic carbocycles. The van der Waals surface area contributed by atoms with E-state index in [1.54, 1.807) is 12.4 Å². The maximum atomic E-state index is 13.9. The van der Waals surface area contributed by atoms with Gasteiger partial charge in [-0.05, 0) is 61.6 Å². The summed E-state index contributed by atoms with van der Waals surface area (Å²) in [5.41, 5.74) is 7.78. The first-order chi connectivity index (χ1) is 19.0. The lowest BCUT2D eigenvalue weighted by molar-refractivity contribution is 0.763. The molecule has 0 saturated carbocycles. The second-order valence-electron chi connectivity index (χ2n) is 9.95. The number of aromatic nitrogens is 6. The molecule has 2 aromatic carbocycles. The summed E-state index contributed by atoms with van der Waals surface area (Å²) >= 11 is 6.63. The molecule has 8 heteroatoms. The van der Waals surface area contributed by atoms with Crippen molar-refractivity contribution in [1.82, 2.24) is 29.1 Å². The van der Waals surface area contributed by atoms with Gasteiger partial charge in [-0.1, -0.05) is 55.3 Å². The number of unbranched alkanes of at least 4 members (excludes halogenated alkanes) is 1. The molecule has 2 aliphatic rings. The molecular formula is C31H29ClN6O. The molecule has 6 rings (SSSR count). The van der Waals surface area contributed by atoms with Crippen molar-refractivity contribution in [2.75, 3.05) is 0 Å². The topological polar surface area (TPSA) is 70.5 Å². The van der Waals surface area contributed by atoms with Crippen molar-refractivity contribution in [2.24, 2.45) is 0 Å². The Labute approximate surface area is 231 Å². The van der Waals surface area contributed by atoms with Gasteiger partial charge in [-0.3, -0.25) is 9.78 Å². The first-order valence-corrected chi connectivity index (χ1v) is 13.6. The minimum Gasteiger partial charge on any atom is -0.342 e. The average Bonchev–Trinajstić information content (AvgIpc) is 3.58. The highest BCUT2D eigenvalue weighted by atomic mass is 35.5. The second-order valence-corrected chi connectivity index (χ2v) is 10.4. The zero-order valence-corrected chi connectivity index (χ0v) is 23.0. The van der Waals surface area contributed by atoms with Gasteiger partial charge in [-0.15, -0.1) is 0 Å². The van der Waals surface area contributed by atoms with Crippen molar-refractivity contribution >= 4 is 22.5 Å². The Balaban J connectivity index is 1.50. The summed E-state index contributed by atoms with van der Waals surface area (Å²) in [5.74, 6) is 0. The normalized spacial score (nSPS) is 11.6. The molecule has 0 spiro atoms. The van der Waals surface area contributed by atoms with Gasteiger partial charge in [0.1, 0.15) is 5.69 Å². The van der Waals surface area contributed by atoms with Gasteiger partial charge in [-0.25, -0.2) is 4.68 Å². The van der Waals surface area contributed by atoms with Crippen molar-refractivity contribution in [2.45, 2.75) is 46.6 Å². The van der Waals surface area contributed by atoms with Crippen LogP contribution < -0.4 is 5.56 Å². The van der Waals surface area contributed by atoms with Crippen LogP contribution in [0, 0.1) is 13.8 Å². The number of nitrogens with zero attached hydrogens (tertiary/aromatic N) is 6. The van der Waals surface area contributed by atoms with Crippen molar-refractivity contribution in [3.05, 3.63) is 111 Å². The smallest absolute Gasteiger partial charge is 0.282 e. The van der Waals surface area contributed by atoms with E-state index in [0.717, 1.165) is 58.2 Å². The molecule has 2 aromatic heterocycles. The summed E-state index contributed by atoms with van der Waals surface area (Å²) in [6.45, 7) is 6.82. The fraction of sp³-hybridized carbons (Fsp3) is 0.226. The van der Waals surface area contributed by atoms with Crippen molar-refractivity contribution in [3.63, 3.8) is 0 Å². The maximum Gasteiger partial charge on any atom is 0.282 e. The zero-order valence-electron chi connectivity index (χ0n) is 22.2. The van der Waals surface area contributed by atoms with Gasteiger partial charge < -0.3 is 4.57 Å². The maximum absolute atomic E-state index is 13.9. The van der Waals surface area contributed by atoms with Crippen LogP contribution in [0.4, 0.5) is 0 Å². The standard InChI is InChI=1S/C31H29ClN6O/c1-4-5-10-27-21(3)30(26(32)17-33-27)38-31(39)25-19-36(29-20(2)8-6-9-24(29)28(25)35-38)18-22-11-13-23(14-12-22)37-16-7-15-34-37/h6-9,11-17,19H,4-5,10,18H2,1-3H3. The summed E-state index contributed by atoms with van der Waals surface area (Å²) in [6.07, 6.45) is 10.2. The SMILES string of the molecule is CCCCc1ncc(Cl)c(-n2nc3c4cccc(C)c4n(Cc4ccc(-n5cccn5)cc4)cc-3c2=O)c1C. The monoisotopic (exact) mass is 536 g/mol. The third-order valence-corrected chi connectivity index (χ3v) is 7.60. The molecule has 196 valence electrons. The van der Waals surface area contributed by atoms with E-state index in [1.165, 1.54) is 4.68 Å². The third-order valence-electron chi connectivity index (χ3n) is 7.33. The Morgan fingerprint density at radius 3 is 2.59 bits per heavy atom. The van der Waals surface area contributed by atoms with Crippen LogP contribution >= 0.6 is 11.6 Å². The van der Waals surface area contributed by atoms with E-state index in [4.69, 9.17) is 16.7 Å². The molecule has 0 fully saturated rings. The lowest BCUT2D eigenvalue weighted by Crippen LogP contribution is -2.18. The summed E-state index contributed by atoms with van der Waals surface area (Å²) in [4.78, 5) is 18.4. The van der Waals surface area contributed by atoms with Crippen LogP contribution in [0.25, 0.3) is 33.5 Å². The number of pyridine rings is 2. The fourth-order valence-corrected chi connectivity index (χ4v) is 5.57. The van der Waals surface area contributed by atoms with Crippen LogP contribution in [0.5, 0.6) is 0 Å². The summed E-state index contributed by atoms with van der Waals surface area (Å²) in [5, 5.41) is 10.5. The van der Waals surface area contributed by atoms with E-state index < -0.39 is 0 Å². The molecule has 0 amide bonds. The Hall–Kier alpha value is -4.23. The van der Waals surface area contributed by atoms with Crippen LogP contribution in [-0.2, 0) is 13.0 Å². The van der Waals surface area contributed by atoms with Crippen molar-refractivity contribution in [3.8, 4) is 22.6 Å². The van der Waals surface area contributed by atoms with Gasteiger partial charge in [0.05, 0.1) is 27.5 Å². The molecule has 4 heterocycles. The van der Waals surface area contributed by atoms with Crippen LogP contribution in [0.15, 0.2) is 78.1 Å². The number of fused-ring (bicyclic) bond motifs is 3. The first kappa shape index (κ1) is 25.1. The lowest BCUT2D eigenvalue weighted by Gasteiger charge is -2.16. The number of halogens is 1. The minimum absolute atomic E-state index is 0.186. The number of rotatable bonds is 7. The highest BCUT2D eigenvalue weighted by Crippen LogP contribution is 2.32. The highest BCUT2D eigenvalue weighted by molar-refractivity contribution is 6.32. The van der Waals surface area contributed by atoms with Crippen LogP contribution in [-0.4, -0.2) is 29.1 Å². The second kappa shape index (κ2) is 10.2. The Kier molecular flexibility index (Phi) is 6.53. The number of hydrogen-bond donors (Lipinski definition) is 0. The third kappa shape index (κ3) is 4.42. The van der Waals surface area contributed by atoms with Gasteiger partial charge in [0.2, 0.25) is 0 Å². The number of aryl methyl sites for hydroxylation is 2. The van der Waals surface area contributed by atoms with Gasteiger partial charge in [0.15, 0.2) is 0 Å². The van der Waals surface area contributed by atoms with Gasteiger partial charge in [-0.2, -0.15) is 14.9 Å². The summed E-state index contributed by atoms with van der Waals surface area (Å²) < 4.78 is 5.45. The van der Waals surface area contributed by atoms with Gasteiger partial charge in [0, 0.05) is 42.4 Å².